The maximum absolute atomic E-state index is 11.0. The predicted molar refractivity (Wildman–Crippen MR) is 68.4 cm³/mol. The highest BCUT2D eigenvalue weighted by Crippen LogP contribution is 2.39. The Kier molecular flexibility index (Phi) is 2.89. The summed E-state index contributed by atoms with van der Waals surface area (Å²) >= 11 is 0. The van der Waals surface area contributed by atoms with E-state index in [2.05, 4.69) is 26.3 Å². The van der Waals surface area contributed by atoms with E-state index >= 15 is 0 Å². The molecule has 5 heteroatoms. The second-order valence-corrected chi connectivity index (χ2v) is 5.21. The fourth-order valence-electron chi connectivity index (χ4n) is 2.51. The quantitative estimate of drug-likeness (QED) is 0.866. The third-order valence-corrected chi connectivity index (χ3v) is 3.59. The maximum atomic E-state index is 11.0. The number of carbonyl (C=O) groups excluding carboxylic acids is 1. The Morgan fingerprint density at radius 2 is 2.22 bits per heavy atom. The Morgan fingerprint density at radius 3 is 2.94 bits per heavy atom. The molecule has 1 amide bonds. The number of amides is 1. The van der Waals surface area contributed by atoms with Crippen LogP contribution in [0, 0.1) is 0 Å². The monoisotopic (exact) mass is 246 g/mol. The Bertz CT molecular complexity index is 458. The van der Waals surface area contributed by atoms with Gasteiger partial charge in [-0.15, -0.1) is 0 Å². The van der Waals surface area contributed by atoms with Crippen LogP contribution >= 0.6 is 0 Å². The molecule has 1 aliphatic carbocycles. The molecule has 1 aromatic rings. The number of rotatable bonds is 3. The van der Waals surface area contributed by atoms with E-state index < -0.39 is 0 Å². The highest BCUT2D eigenvalue weighted by molar-refractivity contribution is 5.73. The molecule has 1 saturated heterocycles. The molecule has 2 aliphatic rings. The summed E-state index contributed by atoms with van der Waals surface area (Å²) in [6.45, 7) is 3.37. The molecule has 1 aliphatic heterocycles. The zero-order valence-electron chi connectivity index (χ0n) is 10.6. The molecule has 5 nitrogen and oxygen atoms in total. The van der Waals surface area contributed by atoms with Gasteiger partial charge in [-0.2, -0.15) is 0 Å². The zero-order valence-corrected chi connectivity index (χ0v) is 10.6. The first-order valence-electron chi connectivity index (χ1n) is 6.56. The lowest BCUT2D eigenvalue weighted by Crippen LogP contribution is -2.35. The van der Waals surface area contributed by atoms with Crippen molar-refractivity contribution >= 4 is 11.7 Å². The van der Waals surface area contributed by atoms with Gasteiger partial charge in [0.05, 0.1) is 0 Å². The Hall–Kier alpha value is -1.65. The summed E-state index contributed by atoms with van der Waals surface area (Å²) in [5, 5.41) is 2.97. The van der Waals surface area contributed by atoms with E-state index in [1.807, 2.05) is 0 Å². The first kappa shape index (κ1) is 11.4. The van der Waals surface area contributed by atoms with Gasteiger partial charge in [0.15, 0.2) is 0 Å². The average molecular weight is 246 g/mol. The highest BCUT2D eigenvalue weighted by Gasteiger charge is 2.28. The van der Waals surface area contributed by atoms with E-state index in [1.54, 1.807) is 13.3 Å². The van der Waals surface area contributed by atoms with Gasteiger partial charge in [0, 0.05) is 43.7 Å². The summed E-state index contributed by atoms with van der Waals surface area (Å²) in [6.07, 6.45) is 5.16. The molecule has 0 bridgehead atoms. The largest absolute Gasteiger partial charge is 0.354 e. The molecule has 0 spiro atoms. The zero-order chi connectivity index (χ0) is 12.5. The molecular formula is C13H18N4O. The van der Waals surface area contributed by atoms with Gasteiger partial charge in [0.25, 0.3) is 0 Å². The van der Waals surface area contributed by atoms with Crippen LogP contribution in [0.1, 0.15) is 37.8 Å². The second kappa shape index (κ2) is 4.55. The summed E-state index contributed by atoms with van der Waals surface area (Å²) in [5.74, 6) is 1.70. The van der Waals surface area contributed by atoms with Crippen LogP contribution in [-0.4, -0.2) is 35.0 Å². The molecule has 96 valence electrons. The Labute approximate surface area is 107 Å². The van der Waals surface area contributed by atoms with Crippen molar-refractivity contribution in [3.05, 3.63) is 18.1 Å². The SMILES string of the molecule is CC(=O)N[C@@H]1CCN(c2cc(C3CC3)ncn2)C1. The number of nitrogens with zero attached hydrogens (tertiary/aromatic N) is 3. The minimum atomic E-state index is 0.0446. The summed E-state index contributed by atoms with van der Waals surface area (Å²) in [4.78, 5) is 21.9. The summed E-state index contributed by atoms with van der Waals surface area (Å²) in [6, 6.07) is 2.36. The number of anilines is 1. The van der Waals surface area contributed by atoms with Crippen LogP contribution in [0.2, 0.25) is 0 Å². The van der Waals surface area contributed by atoms with E-state index in [9.17, 15) is 4.79 Å². The smallest absolute Gasteiger partial charge is 0.217 e. The van der Waals surface area contributed by atoms with E-state index in [4.69, 9.17) is 0 Å². The maximum Gasteiger partial charge on any atom is 0.217 e. The van der Waals surface area contributed by atoms with Gasteiger partial charge in [0.2, 0.25) is 5.91 Å². The van der Waals surface area contributed by atoms with Crippen LogP contribution in [0.4, 0.5) is 5.82 Å². The lowest BCUT2D eigenvalue weighted by molar-refractivity contribution is -0.119. The van der Waals surface area contributed by atoms with Crippen molar-refractivity contribution in [3.8, 4) is 0 Å². The second-order valence-electron chi connectivity index (χ2n) is 5.21. The fraction of sp³-hybridized carbons (Fsp3) is 0.615. The molecule has 0 unspecified atom stereocenters. The van der Waals surface area contributed by atoms with Crippen molar-refractivity contribution < 1.29 is 4.79 Å². The normalized spacial score (nSPS) is 23.2. The molecule has 2 heterocycles. The molecule has 1 atom stereocenters. The summed E-state index contributed by atoms with van der Waals surface area (Å²) in [7, 11) is 0. The Balaban J connectivity index is 1.68. The van der Waals surface area contributed by atoms with Crippen LogP contribution in [0.15, 0.2) is 12.4 Å². The van der Waals surface area contributed by atoms with E-state index in [0.717, 1.165) is 25.3 Å². The molecule has 0 radical (unpaired) electrons. The van der Waals surface area contributed by atoms with Crippen molar-refractivity contribution in [2.75, 3.05) is 18.0 Å². The van der Waals surface area contributed by atoms with Gasteiger partial charge in [-0.1, -0.05) is 0 Å². The standard InChI is InChI=1S/C13H18N4O/c1-9(18)16-11-4-5-17(7-11)13-6-12(10-2-3-10)14-8-15-13/h6,8,10-11H,2-5,7H2,1H3,(H,16,18)/t11-/m1/s1. The van der Waals surface area contributed by atoms with E-state index in [-0.39, 0.29) is 11.9 Å². The van der Waals surface area contributed by atoms with Crippen LogP contribution < -0.4 is 10.2 Å². The van der Waals surface area contributed by atoms with E-state index in [1.165, 1.54) is 18.5 Å². The van der Waals surface area contributed by atoms with Gasteiger partial charge in [0.1, 0.15) is 12.1 Å². The summed E-state index contributed by atoms with van der Waals surface area (Å²) in [5.41, 5.74) is 1.17. The minimum absolute atomic E-state index is 0.0446. The van der Waals surface area contributed by atoms with Gasteiger partial charge in [-0.3, -0.25) is 4.79 Å². The predicted octanol–water partition coefficient (Wildman–Crippen LogP) is 1.07. The summed E-state index contributed by atoms with van der Waals surface area (Å²) < 4.78 is 0. The van der Waals surface area contributed by atoms with E-state index in [0.29, 0.717) is 5.92 Å². The molecule has 0 aromatic carbocycles. The average Bonchev–Trinajstić information content (AvgIpc) is 3.10. The van der Waals surface area contributed by atoms with Crippen LogP contribution in [0.5, 0.6) is 0 Å². The van der Waals surface area contributed by atoms with Crippen molar-refractivity contribution in [1.29, 1.82) is 0 Å². The third-order valence-electron chi connectivity index (χ3n) is 3.59. The molecule has 1 aromatic heterocycles. The van der Waals surface area contributed by atoms with Crippen molar-refractivity contribution in [3.63, 3.8) is 0 Å². The molecule has 1 saturated carbocycles. The van der Waals surface area contributed by atoms with Crippen LogP contribution in [0.25, 0.3) is 0 Å². The van der Waals surface area contributed by atoms with Gasteiger partial charge in [-0.05, 0) is 19.3 Å². The molecule has 1 N–H and O–H groups in total. The lowest BCUT2D eigenvalue weighted by atomic mass is 10.2. The molecule has 3 rings (SSSR count). The first-order chi connectivity index (χ1) is 8.72. The van der Waals surface area contributed by atoms with Crippen LogP contribution in [-0.2, 0) is 4.79 Å². The number of carbonyl (C=O) groups is 1. The number of aromatic nitrogens is 2. The van der Waals surface area contributed by atoms with Crippen molar-refractivity contribution in [2.24, 2.45) is 0 Å². The van der Waals surface area contributed by atoms with Gasteiger partial charge < -0.3 is 10.2 Å². The van der Waals surface area contributed by atoms with Gasteiger partial charge in [-0.25, -0.2) is 9.97 Å². The number of nitrogens with one attached hydrogen (secondary N) is 1. The highest BCUT2D eigenvalue weighted by atomic mass is 16.1. The number of hydrogen-bond acceptors (Lipinski definition) is 4. The third kappa shape index (κ3) is 2.44. The molecule has 2 fully saturated rings. The van der Waals surface area contributed by atoms with Crippen molar-refractivity contribution in [2.45, 2.75) is 38.1 Å². The number of hydrogen-bond donors (Lipinski definition) is 1. The first-order valence-corrected chi connectivity index (χ1v) is 6.56. The Morgan fingerprint density at radius 1 is 1.39 bits per heavy atom. The van der Waals surface area contributed by atoms with Crippen molar-refractivity contribution in [1.82, 2.24) is 15.3 Å². The molecular weight excluding hydrogens is 228 g/mol. The minimum Gasteiger partial charge on any atom is -0.354 e. The van der Waals surface area contributed by atoms with Gasteiger partial charge >= 0.3 is 0 Å². The topological polar surface area (TPSA) is 58.1 Å². The lowest BCUT2D eigenvalue weighted by Gasteiger charge is -2.18. The molecule has 18 heavy (non-hydrogen) atoms. The van der Waals surface area contributed by atoms with Crippen LogP contribution in [0.3, 0.4) is 0 Å². The fourth-order valence-corrected chi connectivity index (χ4v) is 2.51.